The number of hydrogen-bond acceptors (Lipinski definition) is 3. The molecule has 7 heteroatoms. The number of nitrogens with one attached hydrogen (secondary N) is 3. The molecule has 0 rings (SSSR count). The zero-order chi connectivity index (χ0) is 14.0. The molecule has 0 heterocycles. The van der Waals surface area contributed by atoms with Crippen LogP contribution in [0.25, 0.3) is 0 Å². The van der Waals surface area contributed by atoms with E-state index >= 15 is 0 Å². The van der Waals surface area contributed by atoms with Gasteiger partial charge in [0.15, 0.2) is 5.96 Å². The molecule has 0 aliphatic carbocycles. The molecule has 0 aromatic carbocycles. The number of carbonyl (C=O) groups is 1. The predicted molar refractivity (Wildman–Crippen MR) is 89.3 cm³/mol. The van der Waals surface area contributed by atoms with Crippen molar-refractivity contribution in [3.63, 3.8) is 0 Å². The van der Waals surface area contributed by atoms with E-state index in [1.165, 1.54) is 0 Å². The Balaban J connectivity index is 0. The van der Waals surface area contributed by atoms with Crippen LogP contribution in [0.5, 0.6) is 0 Å². The van der Waals surface area contributed by atoms with Crippen LogP contribution in [0.4, 0.5) is 4.79 Å². The van der Waals surface area contributed by atoms with E-state index in [9.17, 15) is 4.79 Å². The van der Waals surface area contributed by atoms with Crippen molar-refractivity contribution >= 4 is 36.0 Å². The Kier molecular flexibility index (Phi) is 12.1. The van der Waals surface area contributed by atoms with E-state index in [1.807, 2.05) is 27.7 Å². The summed E-state index contributed by atoms with van der Waals surface area (Å²) in [5.74, 6) is 0.773. The topological polar surface area (TPSA) is 74.8 Å². The van der Waals surface area contributed by atoms with E-state index in [1.54, 1.807) is 7.05 Å². The quantitative estimate of drug-likeness (QED) is 0.291. The van der Waals surface area contributed by atoms with Crippen LogP contribution in [-0.4, -0.2) is 44.3 Å². The maximum Gasteiger partial charge on any atom is 0.407 e. The van der Waals surface area contributed by atoms with Crippen LogP contribution >= 0.6 is 24.0 Å². The van der Waals surface area contributed by atoms with Crippen LogP contribution in [-0.2, 0) is 4.74 Å². The van der Waals surface area contributed by atoms with Crippen molar-refractivity contribution in [3.05, 3.63) is 0 Å². The predicted octanol–water partition coefficient (Wildman–Crippen LogP) is 1.70. The molecule has 0 radical (unpaired) electrons. The van der Waals surface area contributed by atoms with Crippen molar-refractivity contribution in [3.8, 4) is 0 Å². The van der Waals surface area contributed by atoms with Crippen molar-refractivity contribution in [2.45, 2.75) is 39.7 Å². The van der Waals surface area contributed by atoms with Crippen LogP contribution < -0.4 is 16.0 Å². The summed E-state index contributed by atoms with van der Waals surface area (Å²) < 4.78 is 5.12. The Hall–Kier alpha value is -0.730. The molecule has 0 aromatic heterocycles. The second kappa shape index (κ2) is 11.1. The Morgan fingerprint density at radius 3 is 2.21 bits per heavy atom. The van der Waals surface area contributed by atoms with E-state index in [0.29, 0.717) is 6.54 Å². The number of carbonyl (C=O) groups excluding carboxylic acids is 1. The number of aliphatic imine (C=N–C) groups is 1. The maximum absolute atomic E-state index is 11.3. The van der Waals surface area contributed by atoms with Gasteiger partial charge in [-0.1, -0.05) is 0 Å². The largest absolute Gasteiger partial charge is 0.444 e. The van der Waals surface area contributed by atoms with Crippen molar-refractivity contribution in [1.82, 2.24) is 16.0 Å². The summed E-state index contributed by atoms with van der Waals surface area (Å²) in [6.45, 7) is 9.69. The molecule has 0 aliphatic rings. The van der Waals surface area contributed by atoms with Crippen molar-refractivity contribution in [1.29, 1.82) is 0 Å². The zero-order valence-electron chi connectivity index (χ0n) is 12.5. The Labute approximate surface area is 133 Å². The van der Waals surface area contributed by atoms with Gasteiger partial charge in [0.1, 0.15) is 5.60 Å². The Morgan fingerprint density at radius 1 is 1.16 bits per heavy atom. The third kappa shape index (κ3) is 13.5. The number of hydrogen-bond donors (Lipinski definition) is 3. The fourth-order valence-electron chi connectivity index (χ4n) is 1.19. The minimum atomic E-state index is -0.449. The van der Waals surface area contributed by atoms with Gasteiger partial charge in [-0.15, -0.1) is 24.0 Å². The van der Waals surface area contributed by atoms with Gasteiger partial charge in [0, 0.05) is 26.7 Å². The minimum absolute atomic E-state index is 0. The van der Waals surface area contributed by atoms with Gasteiger partial charge in [-0.2, -0.15) is 0 Å². The summed E-state index contributed by atoms with van der Waals surface area (Å²) in [5, 5.41) is 8.93. The first kappa shape index (κ1) is 20.6. The lowest BCUT2D eigenvalue weighted by Gasteiger charge is -2.19. The number of halogens is 1. The summed E-state index contributed by atoms with van der Waals surface area (Å²) in [6.07, 6.45) is 0.433. The van der Waals surface area contributed by atoms with E-state index in [-0.39, 0.29) is 30.1 Å². The molecule has 1 amide bonds. The monoisotopic (exact) mass is 386 g/mol. The third-order valence-corrected chi connectivity index (χ3v) is 1.88. The van der Waals surface area contributed by atoms with Crippen LogP contribution in [0.15, 0.2) is 4.99 Å². The fraction of sp³-hybridized carbons (Fsp3) is 0.833. The van der Waals surface area contributed by atoms with E-state index in [2.05, 4.69) is 20.9 Å². The van der Waals surface area contributed by atoms with Crippen molar-refractivity contribution < 1.29 is 9.53 Å². The number of rotatable bonds is 5. The number of amides is 1. The van der Waals surface area contributed by atoms with Crippen LogP contribution in [0, 0.1) is 0 Å². The van der Waals surface area contributed by atoms with E-state index in [4.69, 9.17) is 4.74 Å². The van der Waals surface area contributed by atoms with Gasteiger partial charge in [0.2, 0.25) is 0 Å². The normalized spacial score (nSPS) is 11.3. The molecule has 0 fully saturated rings. The van der Waals surface area contributed by atoms with E-state index < -0.39 is 5.60 Å². The lowest BCUT2D eigenvalue weighted by atomic mass is 10.2. The summed E-state index contributed by atoms with van der Waals surface area (Å²) in [7, 11) is 1.73. The molecule has 0 aliphatic heterocycles. The molecule has 19 heavy (non-hydrogen) atoms. The van der Waals surface area contributed by atoms with E-state index in [0.717, 1.165) is 25.5 Å². The highest BCUT2D eigenvalue weighted by Crippen LogP contribution is 2.06. The highest BCUT2D eigenvalue weighted by molar-refractivity contribution is 14.0. The van der Waals surface area contributed by atoms with Crippen LogP contribution in [0.3, 0.4) is 0 Å². The molecule has 0 saturated carbocycles. The average Bonchev–Trinajstić information content (AvgIpc) is 2.24. The zero-order valence-corrected chi connectivity index (χ0v) is 14.8. The fourth-order valence-corrected chi connectivity index (χ4v) is 1.19. The highest BCUT2D eigenvalue weighted by Gasteiger charge is 2.15. The first-order valence-electron chi connectivity index (χ1n) is 6.30. The first-order valence-corrected chi connectivity index (χ1v) is 6.30. The number of ether oxygens (including phenoxy) is 1. The lowest BCUT2D eigenvalue weighted by molar-refractivity contribution is 0.0527. The lowest BCUT2D eigenvalue weighted by Crippen LogP contribution is -2.39. The molecular weight excluding hydrogens is 359 g/mol. The molecule has 0 atom stereocenters. The van der Waals surface area contributed by atoms with Crippen molar-refractivity contribution in [2.75, 3.05) is 26.7 Å². The van der Waals surface area contributed by atoms with Gasteiger partial charge in [-0.3, -0.25) is 4.99 Å². The summed E-state index contributed by atoms with van der Waals surface area (Å²) in [4.78, 5) is 15.4. The van der Waals surface area contributed by atoms with Gasteiger partial charge in [-0.05, 0) is 34.1 Å². The highest BCUT2D eigenvalue weighted by atomic mass is 127. The average molecular weight is 386 g/mol. The standard InChI is InChI=1S/C12H26N4O2.HI/c1-6-14-10(13-5)15-8-7-9-16-11(17)18-12(2,3)4;/h6-9H2,1-5H3,(H,16,17)(H2,13,14,15);1H. The van der Waals surface area contributed by atoms with Gasteiger partial charge in [0.25, 0.3) is 0 Å². The number of guanidine groups is 1. The first-order chi connectivity index (χ1) is 8.39. The molecule has 0 spiro atoms. The van der Waals surface area contributed by atoms with Crippen LogP contribution in [0.2, 0.25) is 0 Å². The molecule has 3 N–H and O–H groups in total. The smallest absolute Gasteiger partial charge is 0.407 e. The second-order valence-corrected chi connectivity index (χ2v) is 4.81. The minimum Gasteiger partial charge on any atom is -0.444 e. The molecule has 0 saturated heterocycles. The summed E-state index contributed by atoms with van der Waals surface area (Å²) in [5.41, 5.74) is -0.449. The summed E-state index contributed by atoms with van der Waals surface area (Å²) in [6, 6.07) is 0. The van der Waals surface area contributed by atoms with Gasteiger partial charge in [-0.25, -0.2) is 4.79 Å². The molecule has 0 unspecified atom stereocenters. The van der Waals surface area contributed by atoms with Crippen LogP contribution in [0.1, 0.15) is 34.1 Å². The van der Waals surface area contributed by atoms with Gasteiger partial charge < -0.3 is 20.7 Å². The Bertz CT molecular complexity index is 277. The molecule has 0 aromatic rings. The molecule has 0 bridgehead atoms. The SMILES string of the molecule is CCNC(=NC)NCCCNC(=O)OC(C)(C)C.I. The van der Waals surface area contributed by atoms with Gasteiger partial charge in [0.05, 0.1) is 0 Å². The molecular formula is C12H27IN4O2. The summed E-state index contributed by atoms with van der Waals surface area (Å²) >= 11 is 0. The second-order valence-electron chi connectivity index (χ2n) is 4.81. The van der Waals surface area contributed by atoms with Crippen molar-refractivity contribution in [2.24, 2.45) is 4.99 Å². The Morgan fingerprint density at radius 2 is 1.74 bits per heavy atom. The molecule has 6 nitrogen and oxygen atoms in total. The maximum atomic E-state index is 11.3. The van der Waals surface area contributed by atoms with Gasteiger partial charge >= 0.3 is 6.09 Å². The third-order valence-electron chi connectivity index (χ3n) is 1.88. The number of nitrogens with zero attached hydrogens (tertiary/aromatic N) is 1. The number of alkyl carbamates (subject to hydrolysis) is 1. The molecule has 114 valence electrons.